The van der Waals surface area contributed by atoms with Crippen LogP contribution in [-0.4, -0.2) is 51.7 Å². The number of benzene rings is 3. The summed E-state index contributed by atoms with van der Waals surface area (Å²) in [5, 5.41) is 7.93. The number of hydrogen-bond donors (Lipinski definition) is 3. The summed E-state index contributed by atoms with van der Waals surface area (Å²) < 4.78 is 6.28. The molecule has 11 heteroatoms. The number of anilines is 1. The van der Waals surface area contributed by atoms with Gasteiger partial charge in [-0.1, -0.05) is 135 Å². The van der Waals surface area contributed by atoms with Crippen LogP contribution in [0.4, 0.5) is 10.5 Å². The maximum atomic E-state index is 14.6. The molecule has 3 aromatic carbocycles. The van der Waals surface area contributed by atoms with Crippen molar-refractivity contribution in [2.24, 2.45) is 5.41 Å². The first-order valence-electron chi connectivity index (χ1n) is 18.6. The smallest absolute Gasteiger partial charge is 0.328 e. The monoisotopic (exact) mass is 758 g/mol. The van der Waals surface area contributed by atoms with Crippen molar-refractivity contribution in [2.45, 2.75) is 116 Å². The van der Waals surface area contributed by atoms with Crippen molar-refractivity contribution in [2.75, 3.05) is 11.9 Å². The van der Waals surface area contributed by atoms with Gasteiger partial charge in [0.2, 0.25) is 5.91 Å². The maximum absolute atomic E-state index is 14.6. The number of hydrogen-bond acceptors (Lipinski definition) is 6. The lowest BCUT2D eigenvalue weighted by atomic mass is 9.76. The standard InChI is InChI=1S/C43H55ClN4O6/c1-10-40(6,7)30-24-25-33(32(27-30)41(8,9)11-2)54-26-18-23-34(49)46-42(28-29-19-14-12-15-20-29)37(52)48(38(53)47-42)43(44,35(50)39(3,4)5)36(51)45-31-21-16-13-17-22-31/h12-17,19-22,24-25,27H,10-11,18,23,26,28H2,1-9H3,(H,45,51)(H,46,49)(H,47,53). The summed E-state index contributed by atoms with van der Waals surface area (Å²) in [4.78, 5) is 67.7. The van der Waals surface area contributed by atoms with E-state index < -0.39 is 45.6 Å². The van der Waals surface area contributed by atoms with Crippen LogP contribution in [0.2, 0.25) is 0 Å². The fourth-order valence-electron chi connectivity index (χ4n) is 6.26. The second-order valence-corrected chi connectivity index (χ2v) is 16.9. The molecule has 290 valence electrons. The van der Waals surface area contributed by atoms with Crippen LogP contribution in [0.25, 0.3) is 0 Å². The molecule has 1 fully saturated rings. The average molecular weight is 759 g/mol. The van der Waals surface area contributed by atoms with Crippen molar-refractivity contribution in [1.29, 1.82) is 0 Å². The molecule has 54 heavy (non-hydrogen) atoms. The minimum absolute atomic E-state index is 0.00240. The van der Waals surface area contributed by atoms with Gasteiger partial charge in [0.25, 0.3) is 16.8 Å². The third kappa shape index (κ3) is 8.97. The summed E-state index contributed by atoms with van der Waals surface area (Å²) in [5.41, 5.74) is -0.218. The Morgan fingerprint density at radius 1 is 0.833 bits per heavy atom. The second-order valence-electron chi connectivity index (χ2n) is 16.3. The van der Waals surface area contributed by atoms with Crippen LogP contribution in [-0.2, 0) is 36.4 Å². The number of halogens is 1. The number of Topliss-reactive ketones (excluding diaryl/α,β-unsaturated/α-hetero) is 1. The van der Waals surface area contributed by atoms with Crippen molar-refractivity contribution in [3.8, 4) is 5.75 Å². The Bertz CT molecular complexity index is 1860. The van der Waals surface area contributed by atoms with Gasteiger partial charge in [-0.25, -0.2) is 9.69 Å². The van der Waals surface area contributed by atoms with Gasteiger partial charge in [-0.05, 0) is 59.4 Å². The van der Waals surface area contributed by atoms with Crippen molar-refractivity contribution < 1.29 is 28.7 Å². The van der Waals surface area contributed by atoms with Gasteiger partial charge in [0.1, 0.15) is 5.75 Å². The Morgan fingerprint density at radius 3 is 2.00 bits per heavy atom. The Balaban J connectivity index is 1.60. The molecule has 2 unspecified atom stereocenters. The predicted octanol–water partition coefficient (Wildman–Crippen LogP) is 8.02. The highest BCUT2D eigenvalue weighted by atomic mass is 35.5. The van der Waals surface area contributed by atoms with Crippen LogP contribution in [0, 0.1) is 5.41 Å². The Labute approximate surface area is 324 Å². The van der Waals surface area contributed by atoms with E-state index in [4.69, 9.17) is 16.3 Å². The number of carbonyl (C=O) groups excluding carboxylic acids is 5. The van der Waals surface area contributed by atoms with Gasteiger partial charge in [-0.15, -0.1) is 0 Å². The van der Waals surface area contributed by atoms with Crippen molar-refractivity contribution in [1.82, 2.24) is 15.5 Å². The number of ketones is 1. The average Bonchev–Trinajstić information content (AvgIpc) is 3.37. The number of ether oxygens (including phenoxy) is 1. The topological polar surface area (TPSA) is 134 Å². The maximum Gasteiger partial charge on any atom is 0.328 e. The van der Waals surface area contributed by atoms with Gasteiger partial charge in [0, 0.05) is 29.5 Å². The molecule has 3 aromatic rings. The minimum atomic E-state index is -2.79. The van der Waals surface area contributed by atoms with Crippen LogP contribution in [0.3, 0.4) is 0 Å². The van der Waals surface area contributed by atoms with E-state index in [1.165, 1.54) is 26.3 Å². The SMILES string of the molecule is CCC(C)(C)c1ccc(OCCCC(=O)NC2(Cc3ccccc3)NC(=O)N(C(Cl)(C(=O)Nc3ccccc3)C(=O)C(C)(C)C)C2=O)c(C(C)(C)CC)c1. The van der Waals surface area contributed by atoms with E-state index in [1.807, 2.05) is 6.07 Å². The molecule has 1 heterocycles. The first kappa shape index (κ1) is 42.0. The first-order chi connectivity index (χ1) is 25.2. The minimum Gasteiger partial charge on any atom is -0.493 e. The molecular formula is C43H55ClN4O6. The van der Waals surface area contributed by atoms with Crippen molar-refractivity contribution in [3.63, 3.8) is 0 Å². The van der Waals surface area contributed by atoms with Crippen LogP contribution in [0.1, 0.15) is 105 Å². The normalized spacial score (nSPS) is 17.4. The molecule has 2 atom stereocenters. The highest BCUT2D eigenvalue weighted by Gasteiger charge is 2.65. The molecule has 4 rings (SSSR count). The van der Waals surface area contributed by atoms with E-state index in [0.717, 1.165) is 24.2 Å². The van der Waals surface area contributed by atoms with Crippen molar-refractivity contribution >= 4 is 46.8 Å². The third-order valence-electron chi connectivity index (χ3n) is 10.4. The largest absolute Gasteiger partial charge is 0.493 e. The highest BCUT2D eigenvalue weighted by Crippen LogP contribution is 2.40. The number of imide groups is 1. The molecule has 1 aliphatic heterocycles. The van der Waals surface area contributed by atoms with Crippen molar-refractivity contribution in [3.05, 3.63) is 95.6 Å². The molecule has 0 spiro atoms. The fourth-order valence-corrected chi connectivity index (χ4v) is 6.74. The van der Waals surface area contributed by atoms with Gasteiger partial charge in [-0.3, -0.25) is 19.2 Å². The Morgan fingerprint density at radius 2 is 1.43 bits per heavy atom. The molecule has 10 nitrogen and oxygen atoms in total. The number of nitrogens with zero attached hydrogens (tertiary/aromatic N) is 1. The molecule has 1 aliphatic rings. The highest BCUT2D eigenvalue weighted by molar-refractivity contribution is 6.50. The van der Waals surface area contributed by atoms with E-state index in [-0.39, 0.29) is 30.3 Å². The second kappa shape index (κ2) is 16.3. The lowest BCUT2D eigenvalue weighted by molar-refractivity contribution is -0.149. The molecule has 1 saturated heterocycles. The zero-order chi connectivity index (χ0) is 40.1. The molecule has 0 bridgehead atoms. The number of amides is 5. The summed E-state index contributed by atoms with van der Waals surface area (Å²) >= 11 is 6.95. The van der Waals surface area contributed by atoms with E-state index in [0.29, 0.717) is 22.6 Å². The lowest BCUT2D eigenvalue weighted by Gasteiger charge is -2.36. The summed E-state index contributed by atoms with van der Waals surface area (Å²) in [6, 6.07) is 22.3. The molecule has 0 aromatic heterocycles. The quantitative estimate of drug-likeness (QED) is 0.0446. The van der Waals surface area contributed by atoms with Gasteiger partial charge in [0.05, 0.1) is 6.61 Å². The zero-order valence-corrected chi connectivity index (χ0v) is 33.8. The van der Waals surface area contributed by atoms with E-state index in [2.05, 4.69) is 69.6 Å². The van der Waals surface area contributed by atoms with E-state index >= 15 is 0 Å². The van der Waals surface area contributed by atoms with Gasteiger partial charge >= 0.3 is 6.03 Å². The predicted molar refractivity (Wildman–Crippen MR) is 212 cm³/mol. The molecular weight excluding hydrogens is 704 g/mol. The van der Waals surface area contributed by atoms with Crippen LogP contribution >= 0.6 is 11.6 Å². The van der Waals surface area contributed by atoms with Crippen LogP contribution in [0.5, 0.6) is 5.75 Å². The molecule has 3 N–H and O–H groups in total. The number of alkyl halides is 1. The first-order valence-corrected chi connectivity index (χ1v) is 19.0. The third-order valence-corrected chi connectivity index (χ3v) is 11.0. The number of nitrogens with one attached hydrogen (secondary N) is 3. The van der Waals surface area contributed by atoms with E-state index in [1.54, 1.807) is 60.7 Å². The summed E-state index contributed by atoms with van der Waals surface area (Å²) in [6.07, 6.45) is 1.97. The lowest BCUT2D eigenvalue weighted by Crippen LogP contribution is -2.66. The van der Waals surface area contributed by atoms with Gasteiger partial charge < -0.3 is 20.7 Å². The molecule has 0 aliphatic carbocycles. The summed E-state index contributed by atoms with van der Waals surface area (Å²) in [7, 11) is 0. The zero-order valence-electron chi connectivity index (χ0n) is 33.0. The van der Waals surface area contributed by atoms with Crippen LogP contribution < -0.4 is 20.7 Å². The van der Waals surface area contributed by atoms with Gasteiger partial charge in [-0.2, -0.15) is 0 Å². The van der Waals surface area contributed by atoms with Gasteiger partial charge in [0.15, 0.2) is 11.4 Å². The van der Waals surface area contributed by atoms with Crippen LogP contribution in [0.15, 0.2) is 78.9 Å². The molecule has 0 radical (unpaired) electrons. The molecule has 5 amide bonds. The number of rotatable bonds is 16. The number of urea groups is 1. The fraction of sp³-hybridized carbons (Fsp3) is 0.465. The molecule has 0 saturated carbocycles. The number of para-hydroxylation sites is 1. The number of carbonyl (C=O) groups is 5. The van der Waals surface area contributed by atoms with E-state index in [9.17, 15) is 24.0 Å². The Hall–Kier alpha value is -4.70. The Kier molecular flexibility index (Phi) is 12.7. The summed E-state index contributed by atoms with van der Waals surface area (Å²) in [6.45, 7) is 18.0. The summed E-state index contributed by atoms with van der Waals surface area (Å²) in [5.74, 6) is -2.81.